The van der Waals surface area contributed by atoms with Crippen molar-refractivity contribution in [3.8, 4) is 0 Å². The first-order chi connectivity index (χ1) is 14.7. The van der Waals surface area contributed by atoms with Crippen LogP contribution in [0.2, 0.25) is 0 Å². The Morgan fingerprint density at radius 3 is 3.03 bits per heavy atom. The number of methoxy groups -OCH3 is 1. The molecule has 1 fully saturated rings. The summed E-state index contributed by atoms with van der Waals surface area (Å²) >= 11 is 1.32. The highest BCUT2D eigenvalue weighted by Crippen LogP contribution is 2.37. The molecule has 3 aromatic heterocycles. The smallest absolute Gasteiger partial charge is 0.274 e. The molecule has 1 N–H and O–H groups in total. The third-order valence-corrected chi connectivity index (χ3v) is 5.89. The molecule has 9 nitrogen and oxygen atoms in total. The zero-order valence-corrected chi connectivity index (χ0v) is 17.2. The van der Waals surface area contributed by atoms with Gasteiger partial charge in [0.15, 0.2) is 0 Å². The molecule has 0 saturated carbocycles. The molecule has 0 aliphatic carbocycles. The minimum absolute atomic E-state index is 0.203. The lowest BCUT2D eigenvalue weighted by atomic mass is 10.0. The molecule has 30 heavy (non-hydrogen) atoms. The summed E-state index contributed by atoms with van der Waals surface area (Å²) in [6.45, 7) is 1.94. The molecule has 0 unspecified atom stereocenters. The summed E-state index contributed by atoms with van der Waals surface area (Å²) in [7, 11) is 1.58. The third kappa shape index (κ3) is 4.16. The van der Waals surface area contributed by atoms with Crippen molar-refractivity contribution < 1.29 is 19.1 Å². The molecular formula is C20H21N5O4S. The molecule has 0 bridgehead atoms. The Morgan fingerprint density at radius 2 is 2.23 bits per heavy atom. The van der Waals surface area contributed by atoms with E-state index in [1.54, 1.807) is 18.2 Å². The standard InChI is InChI=1S/C20H21N5O4S/c1-28-9-7-23-18(26)17-16(13-3-2-4-24-19(13)30-17)15-12-25(8-10-29-15)20(27)14-11-21-5-6-22-14/h2-6,11,15H,7-10,12H2,1H3,(H,23,26)/t15-/m1/s1. The van der Waals surface area contributed by atoms with Crippen LogP contribution in [-0.4, -0.2) is 71.6 Å². The number of thiophene rings is 1. The maximum Gasteiger partial charge on any atom is 0.274 e. The van der Waals surface area contributed by atoms with Crippen LogP contribution in [0.15, 0.2) is 36.9 Å². The molecule has 10 heteroatoms. The number of hydrogen-bond donors (Lipinski definition) is 1. The van der Waals surface area contributed by atoms with Gasteiger partial charge in [-0.25, -0.2) is 9.97 Å². The van der Waals surface area contributed by atoms with Gasteiger partial charge >= 0.3 is 0 Å². The molecule has 1 atom stereocenters. The molecule has 4 heterocycles. The second-order valence-electron chi connectivity index (χ2n) is 6.65. The highest BCUT2D eigenvalue weighted by Gasteiger charge is 2.32. The Balaban J connectivity index is 1.63. The van der Waals surface area contributed by atoms with Crippen molar-refractivity contribution in [2.24, 2.45) is 0 Å². The lowest BCUT2D eigenvalue weighted by Gasteiger charge is -2.33. The van der Waals surface area contributed by atoms with E-state index in [-0.39, 0.29) is 17.5 Å². The van der Waals surface area contributed by atoms with Gasteiger partial charge in [0.05, 0.1) is 26.0 Å². The highest BCUT2D eigenvalue weighted by atomic mass is 32.1. The Hall–Kier alpha value is -2.95. The normalized spacial score (nSPS) is 16.6. The Kier molecular flexibility index (Phi) is 6.26. The summed E-state index contributed by atoms with van der Waals surface area (Å²) in [5, 5.41) is 3.72. The average Bonchev–Trinajstić information content (AvgIpc) is 3.19. The number of carbonyl (C=O) groups excluding carboxylic acids is 2. The van der Waals surface area contributed by atoms with Crippen molar-refractivity contribution in [1.82, 2.24) is 25.2 Å². The molecular weight excluding hydrogens is 406 g/mol. The van der Waals surface area contributed by atoms with E-state index in [2.05, 4.69) is 20.3 Å². The summed E-state index contributed by atoms with van der Waals surface area (Å²) in [5.41, 5.74) is 1.04. The first-order valence-corrected chi connectivity index (χ1v) is 10.3. The molecule has 4 rings (SSSR count). The molecule has 0 radical (unpaired) electrons. The lowest BCUT2D eigenvalue weighted by Crippen LogP contribution is -2.43. The van der Waals surface area contributed by atoms with Crippen molar-refractivity contribution in [3.05, 3.63) is 53.1 Å². The van der Waals surface area contributed by atoms with Crippen LogP contribution < -0.4 is 5.32 Å². The van der Waals surface area contributed by atoms with Gasteiger partial charge in [-0.2, -0.15) is 0 Å². The van der Waals surface area contributed by atoms with E-state index in [1.165, 1.54) is 29.9 Å². The third-order valence-electron chi connectivity index (χ3n) is 4.76. The predicted molar refractivity (Wildman–Crippen MR) is 110 cm³/mol. The van der Waals surface area contributed by atoms with Crippen LogP contribution in [0.3, 0.4) is 0 Å². The van der Waals surface area contributed by atoms with Gasteiger partial charge in [-0.15, -0.1) is 11.3 Å². The van der Waals surface area contributed by atoms with Gasteiger partial charge in [-0.05, 0) is 6.07 Å². The van der Waals surface area contributed by atoms with Gasteiger partial charge in [0.1, 0.15) is 21.5 Å². The molecule has 2 amide bonds. The summed E-state index contributed by atoms with van der Waals surface area (Å²) in [6, 6.07) is 3.75. The Morgan fingerprint density at radius 1 is 1.33 bits per heavy atom. The fourth-order valence-electron chi connectivity index (χ4n) is 3.37. The van der Waals surface area contributed by atoms with Crippen LogP contribution in [-0.2, 0) is 9.47 Å². The molecule has 1 saturated heterocycles. The molecule has 156 valence electrons. The van der Waals surface area contributed by atoms with Crippen molar-refractivity contribution >= 4 is 33.4 Å². The number of hydrogen-bond acceptors (Lipinski definition) is 8. The van der Waals surface area contributed by atoms with Gasteiger partial charge in [0, 0.05) is 49.7 Å². The number of fused-ring (bicyclic) bond motifs is 1. The minimum Gasteiger partial charge on any atom is -0.383 e. The van der Waals surface area contributed by atoms with Gasteiger partial charge in [0.2, 0.25) is 0 Å². The van der Waals surface area contributed by atoms with E-state index in [9.17, 15) is 9.59 Å². The number of amides is 2. The first kappa shape index (κ1) is 20.3. The van der Waals surface area contributed by atoms with Crippen molar-refractivity contribution in [2.45, 2.75) is 6.10 Å². The zero-order chi connectivity index (χ0) is 20.9. The van der Waals surface area contributed by atoms with Crippen LogP contribution in [0.5, 0.6) is 0 Å². The summed E-state index contributed by atoms with van der Waals surface area (Å²) < 4.78 is 11.0. The van der Waals surface area contributed by atoms with Crippen molar-refractivity contribution in [3.63, 3.8) is 0 Å². The van der Waals surface area contributed by atoms with Crippen LogP contribution >= 0.6 is 11.3 Å². The first-order valence-electron chi connectivity index (χ1n) is 9.50. The van der Waals surface area contributed by atoms with Crippen molar-refractivity contribution in [2.75, 3.05) is 40.0 Å². The van der Waals surface area contributed by atoms with Gasteiger partial charge < -0.3 is 19.7 Å². The fraction of sp³-hybridized carbons (Fsp3) is 0.350. The van der Waals surface area contributed by atoms with E-state index >= 15 is 0 Å². The van der Waals surface area contributed by atoms with Crippen molar-refractivity contribution in [1.29, 1.82) is 0 Å². The number of morpholine rings is 1. The molecule has 1 aliphatic rings. The number of rotatable bonds is 6. The maximum atomic E-state index is 12.9. The molecule has 3 aromatic rings. The maximum absolute atomic E-state index is 12.9. The SMILES string of the molecule is COCCNC(=O)c1sc2ncccc2c1[C@H]1CN(C(=O)c2cnccn2)CCO1. The van der Waals surface area contributed by atoms with Crippen LogP contribution in [0.1, 0.15) is 31.8 Å². The van der Waals surface area contributed by atoms with Gasteiger partial charge in [0.25, 0.3) is 11.8 Å². The number of carbonyl (C=O) groups is 2. The number of aromatic nitrogens is 3. The Bertz CT molecular complexity index is 1040. The second kappa shape index (κ2) is 9.24. The molecule has 0 spiro atoms. The summed E-state index contributed by atoms with van der Waals surface area (Å²) in [6.07, 6.45) is 5.72. The molecule has 1 aliphatic heterocycles. The second-order valence-corrected chi connectivity index (χ2v) is 7.65. The van der Waals surface area contributed by atoms with Gasteiger partial charge in [-0.3, -0.25) is 14.6 Å². The average molecular weight is 427 g/mol. The summed E-state index contributed by atoms with van der Waals surface area (Å²) in [5.74, 6) is -0.411. The number of pyridine rings is 1. The number of nitrogens with zero attached hydrogens (tertiary/aromatic N) is 4. The van der Waals surface area contributed by atoms with Gasteiger partial charge in [-0.1, -0.05) is 6.07 Å². The number of nitrogens with one attached hydrogen (secondary N) is 1. The largest absolute Gasteiger partial charge is 0.383 e. The monoisotopic (exact) mass is 427 g/mol. The molecule has 0 aromatic carbocycles. The van der Waals surface area contributed by atoms with E-state index in [0.29, 0.717) is 37.7 Å². The predicted octanol–water partition coefficient (Wildman–Crippen LogP) is 1.68. The lowest BCUT2D eigenvalue weighted by molar-refractivity contribution is -0.0224. The fourth-order valence-corrected chi connectivity index (χ4v) is 4.48. The zero-order valence-electron chi connectivity index (χ0n) is 16.4. The van der Waals surface area contributed by atoms with Crippen LogP contribution in [0.4, 0.5) is 0 Å². The topological polar surface area (TPSA) is 107 Å². The quantitative estimate of drug-likeness (QED) is 0.597. The van der Waals surface area contributed by atoms with E-state index in [1.807, 2.05) is 12.1 Å². The van der Waals surface area contributed by atoms with Crippen LogP contribution in [0, 0.1) is 0 Å². The van der Waals surface area contributed by atoms with E-state index in [0.717, 1.165) is 15.8 Å². The van der Waals surface area contributed by atoms with Crippen LogP contribution in [0.25, 0.3) is 10.2 Å². The minimum atomic E-state index is -0.444. The van der Waals surface area contributed by atoms with E-state index < -0.39 is 6.10 Å². The number of ether oxygens (including phenoxy) is 2. The van der Waals surface area contributed by atoms with E-state index in [4.69, 9.17) is 9.47 Å². The highest BCUT2D eigenvalue weighted by molar-refractivity contribution is 7.20. The Labute approximate surface area is 177 Å². The summed E-state index contributed by atoms with van der Waals surface area (Å²) in [4.78, 5) is 41.1.